The van der Waals surface area contributed by atoms with E-state index in [9.17, 15) is 27.6 Å². The zero-order chi connectivity index (χ0) is 20.5. The molecule has 4 amide bonds. The zero-order valence-electron chi connectivity index (χ0n) is 15.0. The Morgan fingerprint density at radius 3 is 1.27 bits per heavy atom. The number of carbonyl (C=O) groups excluding carboxylic acids is 4. The standard InChI is InChI=1S/C10H16N2O4.C6H6O3S/c1-7(13)11(8(2)14)5-6-12(9(3)15)10(4)16;7-10(8,9)6-4-2-1-3-5-6/h5-6H2,1-4H3;1-5H,(H,7,8,9). The van der Waals surface area contributed by atoms with Gasteiger partial charge in [-0.3, -0.25) is 33.5 Å². The molecule has 144 valence electrons. The molecule has 0 aliphatic carbocycles. The molecule has 1 aromatic rings. The molecular formula is C16H22N2O7S. The van der Waals surface area contributed by atoms with E-state index in [-0.39, 0.29) is 18.0 Å². The van der Waals surface area contributed by atoms with Crippen LogP contribution in [0.2, 0.25) is 0 Å². The average Bonchev–Trinajstić information content (AvgIpc) is 2.50. The Balaban J connectivity index is 0.000000531. The summed E-state index contributed by atoms with van der Waals surface area (Å²) in [5.74, 6) is -1.61. The summed E-state index contributed by atoms with van der Waals surface area (Å²) in [4.78, 5) is 46.1. The van der Waals surface area contributed by atoms with E-state index in [1.54, 1.807) is 18.2 Å². The summed E-state index contributed by atoms with van der Waals surface area (Å²) in [6.07, 6.45) is 0. The van der Waals surface area contributed by atoms with Crippen molar-refractivity contribution in [2.75, 3.05) is 13.1 Å². The van der Waals surface area contributed by atoms with E-state index in [1.807, 2.05) is 0 Å². The molecule has 0 aromatic heterocycles. The van der Waals surface area contributed by atoms with Gasteiger partial charge in [-0.05, 0) is 12.1 Å². The van der Waals surface area contributed by atoms with Gasteiger partial charge in [0, 0.05) is 40.8 Å². The molecule has 0 spiro atoms. The molecule has 0 bridgehead atoms. The highest BCUT2D eigenvalue weighted by molar-refractivity contribution is 7.85. The molecule has 0 heterocycles. The molecular weight excluding hydrogens is 364 g/mol. The molecule has 0 aliphatic rings. The van der Waals surface area contributed by atoms with Crippen LogP contribution >= 0.6 is 0 Å². The summed E-state index contributed by atoms with van der Waals surface area (Å²) in [5.41, 5.74) is 0. The van der Waals surface area contributed by atoms with Crippen LogP contribution in [-0.2, 0) is 29.3 Å². The van der Waals surface area contributed by atoms with Crippen molar-refractivity contribution in [3.05, 3.63) is 30.3 Å². The largest absolute Gasteiger partial charge is 0.294 e. The summed E-state index contributed by atoms with van der Waals surface area (Å²) in [6.45, 7) is 5.09. The minimum absolute atomic E-state index is 0.0316. The maximum Gasteiger partial charge on any atom is 0.294 e. The summed E-state index contributed by atoms with van der Waals surface area (Å²) in [7, 11) is -4.00. The van der Waals surface area contributed by atoms with Crippen molar-refractivity contribution in [1.29, 1.82) is 0 Å². The van der Waals surface area contributed by atoms with Crippen molar-refractivity contribution in [2.45, 2.75) is 32.6 Å². The molecule has 0 saturated carbocycles. The predicted octanol–water partition coefficient (Wildman–Crippen LogP) is 0.710. The van der Waals surface area contributed by atoms with Crippen LogP contribution in [0.1, 0.15) is 27.7 Å². The van der Waals surface area contributed by atoms with Crippen molar-refractivity contribution in [3.63, 3.8) is 0 Å². The molecule has 0 aliphatic heterocycles. The van der Waals surface area contributed by atoms with Crippen molar-refractivity contribution in [2.24, 2.45) is 0 Å². The second-order valence-corrected chi connectivity index (χ2v) is 6.59. The first kappa shape index (κ1) is 23.4. The topological polar surface area (TPSA) is 129 Å². The summed E-state index contributed by atoms with van der Waals surface area (Å²) in [5, 5.41) is 0. The van der Waals surface area contributed by atoms with Gasteiger partial charge in [-0.15, -0.1) is 0 Å². The lowest BCUT2D eigenvalue weighted by Gasteiger charge is -2.22. The second kappa shape index (κ2) is 10.4. The van der Waals surface area contributed by atoms with Crippen LogP contribution in [0.3, 0.4) is 0 Å². The van der Waals surface area contributed by atoms with Crippen LogP contribution < -0.4 is 0 Å². The number of nitrogens with zero attached hydrogens (tertiary/aromatic N) is 2. The normalized spacial score (nSPS) is 10.2. The lowest BCUT2D eigenvalue weighted by atomic mass is 10.4. The Bertz CT molecular complexity index is 700. The van der Waals surface area contributed by atoms with Crippen molar-refractivity contribution in [1.82, 2.24) is 9.80 Å². The van der Waals surface area contributed by atoms with Gasteiger partial charge < -0.3 is 0 Å². The molecule has 0 unspecified atom stereocenters. The lowest BCUT2D eigenvalue weighted by Crippen LogP contribution is -2.43. The fourth-order valence-electron chi connectivity index (χ4n) is 1.87. The number of rotatable bonds is 4. The number of hydrogen-bond acceptors (Lipinski definition) is 6. The molecule has 1 N–H and O–H groups in total. The first-order valence-corrected chi connectivity index (χ1v) is 8.91. The quantitative estimate of drug-likeness (QED) is 0.754. The first-order valence-electron chi connectivity index (χ1n) is 7.47. The molecule has 9 nitrogen and oxygen atoms in total. The van der Waals surface area contributed by atoms with Gasteiger partial charge in [0.15, 0.2) is 0 Å². The Kier molecular flexibility index (Phi) is 9.37. The highest BCUT2D eigenvalue weighted by atomic mass is 32.2. The maximum absolute atomic E-state index is 11.1. The van der Waals surface area contributed by atoms with Crippen LogP contribution in [0.15, 0.2) is 35.2 Å². The molecule has 1 aromatic carbocycles. The SMILES string of the molecule is CC(=O)N(CCN(C(C)=O)C(C)=O)C(C)=O.O=S(=O)(O)c1ccccc1. The summed E-state index contributed by atoms with van der Waals surface area (Å²) in [6, 6.07) is 7.42. The monoisotopic (exact) mass is 386 g/mol. The van der Waals surface area contributed by atoms with Gasteiger partial charge in [-0.2, -0.15) is 8.42 Å². The van der Waals surface area contributed by atoms with E-state index in [0.29, 0.717) is 0 Å². The smallest absolute Gasteiger partial charge is 0.282 e. The third kappa shape index (κ3) is 8.49. The predicted molar refractivity (Wildman–Crippen MR) is 92.4 cm³/mol. The lowest BCUT2D eigenvalue weighted by molar-refractivity contribution is -0.147. The fourth-order valence-corrected chi connectivity index (χ4v) is 2.37. The van der Waals surface area contributed by atoms with E-state index < -0.39 is 33.7 Å². The van der Waals surface area contributed by atoms with Gasteiger partial charge >= 0.3 is 0 Å². The number of amides is 4. The van der Waals surface area contributed by atoms with Gasteiger partial charge in [-0.1, -0.05) is 18.2 Å². The third-order valence-corrected chi connectivity index (χ3v) is 3.98. The van der Waals surface area contributed by atoms with Gasteiger partial charge in [0.2, 0.25) is 23.6 Å². The molecule has 10 heteroatoms. The fraction of sp³-hybridized carbons (Fsp3) is 0.375. The molecule has 0 atom stereocenters. The molecule has 0 radical (unpaired) electrons. The molecule has 1 rings (SSSR count). The highest BCUT2D eigenvalue weighted by Gasteiger charge is 2.18. The average molecular weight is 386 g/mol. The second-order valence-electron chi connectivity index (χ2n) is 5.17. The van der Waals surface area contributed by atoms with E-state index in [0.717, 1.165) is 9.80 Å². The minimum Gasteiger partial charge on any atom is -0.282 e. The first-order chi connectivity index (χ1) is 11.9. The van der Waals surface area contributed by atoms with Gasteiger partial charge in [-0.25, -0.2) is 0 Å². The van der Waals surface area contributed by atoms with Crippen molar-refractivity contribution < 1.29 is 32.1 Å². The van der Waals surface area contributed by atoms with E-state index >= 15 is 0 Å². The molecule has 0 fully saturated rings. The van der Waals surface area contributed by atoms with Crippen LogP contribution in [0.25, 0.3) is 0 Å². The summed E-state index contributed by atoms with van der Waals surface area (Å²) >= 11 is 0. The van der Waals surface area contributed by atoms with Crippen LogP contribution in [0.4, 0.5) is 0 Å². The highest BCUT2D eigenvalue weighted by Crippen LogP contribution is 2.05. The Labute approximate surface area is 152 Å². The Morgan fingerprint density at radius 1 is 0.769 bits per heavy atom. The Hall–Kier alpha value is -2.59. The van der Waals surface area contributed by atoms with E-state index in [4.69, 9.17) is 4.55 Å². The van der Waals surface area contributed by atoms with Crippen molar-refractivity contribution >= 4 is 33.7 Å². The van der Waals surface area contributed by atoms with Crippen LogP contribution in [0, 0.1) is 0 Å². The van der Waals surface area contributed by atoms with Gasteiger partial charge in [0.1, 0.15) is 0 Å². The zero-order valence-corrected chi connectivity index (χ0v) is 15.8. The minimum atomic E-state index is -4.00. The summed E-state index contributed by atoms with van der Waals surface area (Å²) < 4.78 is 29.2. The third-order valence-electron chi connectivity index (χ3n) is 3.11. The van der Waals surface area contributed by atoms with Gasteiger partial charge in [0.25, 0.3) is 10.1 Å². The number of imide groups is 2. The van der Waals surface area contributed by atoms with E-state index in [1.165, 1.54) is 39.8 Å². The number of carbonyl (C=O) groups is 4. The number of benzene rings is 1. The van der Waals surface area contributed by atoms with Gasteiger partial charge in [0.05, 0.1) is 4.90 Å². The van der Waals surface area contributed by atoms with Crippen LogP contribution in [0.5, 0.6) is 0 Å². The number of hydrogen-bond donors (Lipinski definition) is 1. The van der Waals surface area contributed by atoms with Crippen molar-refractivity contribution in [3.8, 4) is 0 Å². The maximum atomic E-state index is 11.1. The van der Waals surface area contributed by atoms with Crippen LogP contribution in [-0.4, -0.2) is 59.5 Å². The molecule has 26 heavy (non-hydrogen) atoms. The Morgan fingerprint density at radius 2 is 1.08 bits per heavy atom. The van der Waals surface area contributed by atoms with E-state index in [2.05, 4.69) is 0 Å². The molecule has 0 saturated heterocycles.